The highest BCUT2D eigenvalue weighted by atomic mass is 35.5. The number of benzene rings is 2. The first-order chi connectivity index (χ1) is 11.5. The van der Waals surface area contributed by atoms with Gasteiger partial charge in [0.2, 0.25) is 11.4 Å². The van der Waals surface area contributed by atoms with Gasteiger partial charge in [0.15, 0.2) is 5.76 Å². The van der Waals surface area contributed by atoms with E-state index in [2.05, 4.69) is 0 Å². The lowest BCUT2D eigenvalue weighted by molar-refractivity contribution is -0.149. The van der Waals surface area contributed by atoms with Crippen molar-refractivity contribution in [3.05, 3.63) is 65.6 Å². The second-order valence-electron chi connectivity index (χ2n) is 5.35. The number of ether oxygens (including phenoxy) is 2. The Morgan fingerprint density at radius 3 is 2.00 bits per heavy atom. The van der Waals surface area contributed by atoms with Gasteiger partial charge in [-0.05, 0) is 23.3 Å². The molecule has 2 aromatic carbocycles. The number of rotatable bonds is 4. The lowest BCUT2D eigenvalue weighted by atomic mass is 9.92. The Balaban J connectivity index is 1.95. The van der Waals surface area contributed by atoms with Crippen LogP contribution >= 0.6 is 11.6 Å². The summed E-state index contributed by atoms with van der Waals surface area (Å²) in [5.74, 6) is -1.82. The molecule has 0 fully saturated rings. The lowest BCUT2D eigenvalue weighted by Crippen LogP contribution is -2.31. The van der Waals surface area contributed by atoms with E-state index in [0.717, 1.165) is 16.9 Å². The number of halogens is 1. The van der Waals surface area contributed by atoms with Crippen LogP contribution in [0.1, 0.15) is 5.56 Å². The average Bonchev–Trinajstić information content (AvgIpc) is 2.86. The number of aliphatic hydroxyl groups excluding tert-OH is 2. The van der Waals surface area contributed by atoms with E-state index < -0.39 is 23.1 Å². The summed E-state index contributed by atoms with van der Waals surface area (Å²) in [7, 11) is 1.60. The topological polar surface area (TPSA) is 76.0 Å². The van der Waals surface area contributed by atoms with Crippen molar-refractivity contribution in [2.24, 2.45) is 0 Å². The first-order valence-corrected chi connectivity index (χ1v) is 7.72. The maximum atomic E-state index is 11.5. The van der Waals surface area contributed by atoms with E-state index >= 15 is 0 Å². The van der Waals surface area contributed by atoms with Gasteiger partial charge in [-0.25, -0.2) is 4.79 Å². The number of alkyl halides is 1. The standard InChI is InChI=1S/C18H15ClO5/c1-23-14-8-4-12(5-9-14)11-2-6-13(7-3-11)18(10-19)16(21)15(20)17(22)24-18/h2-9,20-21H,10H2,1H3. The molecule has 2 aromatic rings. The largest absolute Gasteiger partial charge is 0.505 e. The molecule has 1 unspecified atom stereocenters. The number of methoxy groups -OCH3 is 1. The summed E-state index contributed by atoms with van der Waals surface area (Å²) in [4.78, 5) is 11.5. The zero-order valence-electron chi connectivity index (χ0n) is 12.8. The molecule has 0 radical (unpaired) electrons. The van der Waals surface area contributed by atoms with Gasteiger partial charge < -0.3 is 19.7 Å². The smallest absolute Gasteiger partial charge is 0.378 e. The normalized spacial score (nSPS) is 20.2. The van der Waals surface area contributed by atoms with Gasteiger partial charge in [0.05, 0.1) is 13.0 Å². The number of hydrogen-bond acceptors (Lipinski definition) is 5. The van der Waals surface area contributed by atoms with Crippen molar-refractivity contribution in [3.8, 4) is 16.9 Å². The van der Waals surface area contributed by atoms with E-state index in [0.29, 0.717) is 5.56 Å². The van der Waals surface area contributed by atoms with Crippen LogP contribution in [0.3, 0.4) is 0 Å². The second kappa shape index (κ2) is 6.09. The van der Waals surface area contributed by atoms with Gasteiger partial charge in [-0.2, -0.15) is 0 Å². The van der Waals surface area contributed by atoms with E-state index in [1.165, 1.54) is 0 Å². The van der Waals surface area contributed by atoms with Crippen LogP contribution in [0.15, 0.2) is 60.0 Å². The van der Waals surface area contributed by atoms with Crippen LogP contribution in [0.4, 0.5) is 0 Å². The molecule has 3 rings (SSSR count). The highest BCUT2D eigenvalue weighted by molar-refractivity contribution is 6.19. The molecular weight excluding hydrogens is 332 g/mol. The summed E-state index contributed by atoms with van der Waals surface area (Å²) in [5, 5.41) is 19.6. The molecule has 0 bridgehead atoms. The lowest BCUT2D eigenvalue weighted by Gasteiger charge is -2.25. The molecule has 0 aliphatic carbocycles. The zero-order chi connectivity index (χ0) is 17.3. The Hall–Kier alpha value is -2.66. The molecule has 1 aliphatic heterocycles. The van der Waals surface area contributed by atoms with Crippen LogP contribution in [-0.2, 0) is 15.1 Å². The molecule has 1 aliphatic rings. The van der Waals surface area contributed by atoms with Crippen LogP contribution in [0.5, 0.6) is 5.75 Å². The highest BCUT2D eigenvalue weighted by Gasteiger charge is 2.50. The Labute approximate surface area is 143 Å². The van der Waals surface area contributed by atoms with Crippen molar-refractivity contribution in [3.63, 3.8) is 0 Å². The van der Waals surface area contributed by atoms with Gasteiger partial charge in [0, 0.05) is 5.56 Å². The van der Waals surface area contributed by atoms with Gasteiger partial charge in [-0.15, -0.1) is 11.6 Å². The molecule has 1 heterocycles. The third-order valence-electron chi connectivity index (χ3n) is 4.03. The van der Waals surface area contributed by atoms with Gasteiger partial charge in [-0.1, -0.05) is 36.4 Å². The third kappa shape index (κ3) is 2.47. The van der Waals surface area contributed by atoms with E-state index in [1.807, 2.05) is 36.4 Å². The molecule has 24 heavy (non-hydrogen) atoms. The van der Waals surface area contributed by atoms with Gasteiger partial charge >= 0.3 is 5.97 Å². The number of carbonyl (C=O) groups is 1. The first-order valence-electron chi connectivity index (χ1n) is 7.19. The first kappa shape index (κ1) is 16.2. The average molecular weight is 347 g/mol. The van der Waals surface area contributed by atoms with E-state index in [4.69, 9.17) is 21.1 Å². The molecule has 1 atom stereocenters. The summed E-state index contributed by atoms with van der Waals surface area (Å²) in [5.41, 5.74) is 0.836. The predicted molar refractivity (Wildman–Crippen MR) is 89.2 cm³/mol. The monoisotopic (exact) mass is 346 g/mol. The number of carbonyl (C=O) groups excluding carboxylic acids is 1. The van der Waals surface area contributed by atoms with Crippen LogP contribution in [0.25, 0.3) is 11.1 Å². The van der Waals surface area contributed by atoms with E-state index in [1.54, 1.807) is 19.2 Å². The second-order valence-corrected chi connectivity index (χ2v) is 5.62. The van der Waals surface area contributed by atoms with Crippen molar-refractivity contribution >= 4 is 17.6 Å². The Morgan fingerprint density at radius 2 is 1.58 bits per heavy atom. The third-order valence-corrected chi connectivity index (χ3v) is 4.41. The maximum absolute atomic E-state index is 11.5. The summed E-state index contributed by atoms with van der Waals surface area (Å²) in [6, 6.07) is 14.6. The Bertz CT molecular complexity index is 795. The molecule has 0 saturated carbocycles. The van der Waals surface area contributed by atoms with Gasteiger partial charge in [0.25, 0.3) is 0 Å². The SMILES string of the molecule is COc1ccc(-c2ccc(C3(CCl)OC(=O)C(O)=C3O)cc2)cc1. The summed E-state index contributed by atoms with van der Waals surface area (Å²) in [6.45, 7) is 0. The minimum Gasteiger partial charge on any atom is -0.505 e. The summed E-state index contributed by atoms with van der Waals surface area (Å²) in [6.07, 6.45) is 0. The zero-order valence-corrected chi connectivity index (χ0v) is 13.6. The highest BCUT2D eigenvalue weighted by Crippen LogP contribution is 2.41. The summed E-state index contributed by atoms with van der Waals surface area (Å²) >= 11 is 5.92. The number of aliphatic hydroxyl groups is 2. The minimum absolute atomic E-state index is 0.212. The Morgan fingerprint density at radius 1 is 1.04 bits per heavy atom. The fraction of sp³-hybridized carbons (Fsp3) is 0.167. The van der Waals surface area contributed by atoms with Crippen LogP contribution in [0.2, 0.25) is 0 Å². The van der Waals surface area contributed by atoms with E-state index in [9.17, 15) is 15.0 Å². The molecule has 0 saturated heterocycles. The van der Waals surface area contributed by atoms with Crippen molar-refractivity contribution in [1.29, 1.82) is 0 Å². The molecular formula is C18H15ClO5. The fourth-order valence-electron chi connectivity index (χ4n) is 2.62. The minimum atomic E-state index is -1.55. The quantitative estimate of drug-likeness (QED) is 0.652. The molecule has 0 spiro atoms. The number of esters is 1. The van der Waals surface area contributed by atoms with Crippen LogP contribution in [-0.4, -0.2) is 29.2 Å². The van der Waals surface area contributed by atoms with Gasteiger partial charge in [0.1, 0.15) is 5.75 Å². The molecule has 5 nitrogen and oxygen atoms in total. The predicted octanol–water partition coefficient (Wildman–Crippen LogP) is 3.68. The van der Waals surface area contributed by atoms with Crippen LogP contribution < -0.4 is 4.74 Å². The molecule has 0 amide bonds. The summed E-state index contributed by atoms with van der Waals surface area (Å²) < 4.78 is 10.3. The molecule has 6 heteroatoms. The maximum Gasteiger partial charge on any atom is 0.378 e. The Kier molecular flexibility index (Phi) is 4.11. The van der Waals surface area contributed by atoms with Crippen molar-refractivity contribution in [1.82, 2.24) is 0 Å². The van der Waals surface area contributed by atoms with Crippen LogP contribution in [0, 0.1) is 0 Å². The van der Waals surface area contributed by atoms with E-state index in [-0.39, 0.29) is 5.88 Å². The van der Waals surface area contributed by atoms with Gasteiger partial charge in [-0.3, -0.25) is 0 Å². The van der Waals surface area contributed by atoms with Crippen molar-refractivity contribution < 1.29 is 24.5 Å². The molecule has 0 aromatic heterocycles. The fourth-order valence-corrected chi connectivity index (χ4v) is 2.96. The number of hydrogen-bond donors (Lipinski definition) is 2. The molecule has 124 valence electrons. The molecule has 2 N–H and O–H groups in total. The van der Waals surface area contributed by atoms with Crippen molar-refractivity contribution in [2.45, 2.75) is 5.60 Å². The number of cyclic esters (lactones) is 1. The van der Waals surface area contributed by atoms with Crippen molar-refractivity contribution in [2.75, 3.05) is 13.0 Å².